The second-order valence-corrected chi connectivity index (χ2v) is 16.1. The van der Waals surface area contributed by atoms with Gasteiger partial charge in [0, 0.05) is 16.2 Å². The van der Waals surface area contributed by atoms with Gasteiger partial charge in [0.15, 0.2) is 0 Å². The topological polar surface area (TPSA) is 4.93 Å². The molecule has 1 aliphatic heterocycles. The fourth-order valence-electron chi connectivity index (χ4n) is 9.46. The monoisotopic (exact) mass is 739 g/mol. The summed E-state index contributed by atoms with van der Waals surface area (Å²) < 4.78 is 2.52. The van der Waals surface area contributed by atoms with Crippen molar-refractivity contribution in [2.24, 2.45) is 0 Å². The first-order valence-electron chi connectivity index (χ1n) is 20.3. The van der Waals surface area contributed by atoms with Crippen LogP contribution in [0, 0.1) is 0 Å². The summed E-state index contributed by atoms with van der Waals surface area (Å²) in [5.41, 5.74) is 21.0. The molecule has 0 atom stereocenters. The van der Waals surface area contributed by atoms with E-state index in [0.717, 1.165) is 0 Å². The van der Waals surface area contributed by atoms with E-state index in [0.29, 0.717) is 0 Å². The molecule has 0 saturated carbocycles. The third-order valence-electron chi connectivity index (χ3n) is 12.4. The Morgan fingerprint density at radius 1 is 0.310 bits per heavy atom. The van der Waals surface area contributed by atoms with Gasteiger partial charge in [0.05, 0.1) is 16.7 Å². The van der Waals surface area contributed by atoms with Gasteiger partial charge >= 0.3 is 0 Å². The molecule has 0 bridgehead atoms. The summed E-state index contributed by atoms with van der Waals surface area (Å²) in [5.74, 6) is 0. The summed E-state index contributed by atoms with van der Waals surface area (Å²) in [5, 5.41) is 2.55. The van der Waals surface area contributed by atoms with Crippen LogP contribution in [-0.4, -0.2) is 4.57 Å². The molecular weight excluding hydrogens is 699 g/mol. The van der Waals surface area contributed by atoms with Gasteiger partial charge in [0.2, 0.25) is 0 Å². The van der Waals surface area contributed by atoms with Gasteiger partial charge in [0.1, 0.15) is 0 Å². The maximum Gasteiger partial charge on any atom is 0.0582 e. The van der Waals surface area contributed by atoms with E-state index in [1.54, 1.807) is 0 Å². The number of fused-ring (bicyclic) bond motifs is 5. The van der Waals surface area contributed by atoms with E-state index >= 15 is 0 Å². The highest BCUT2D eigenvalue weighted by molar-refractivity contribution is 6.14. The fraction of sp³-hybridized carbons (Fsp3) is 0.0526. The first-order chi connectivity index (χ1) is 28.5. The van der Waals surface area contributed by atoms with Crippen LogP contribution >= 0.6 is 0 Å². The maximum atomic E-state index is 2.52. The SMILES string of the molecule is CC1(C)c2ccccc2-n2c3ccc(-c4ccccc4-c4ccc(-c5ccccc5)cc4)cc3c3cc(-c4ccccc4-c4ccc(-c5ccccc5)cc4)cc1c32. The number of hydrogen-bond donors (Lipinski definition) is 0. The molecule has 0 N–H and O–H groups in total. The average molecular weight is 740 g/mol. The summed E-state index contributed by atoms with van der Waals surface area (Å²) in [4.78, 5) is 0. The Kier molecular flexibility index (Phi) is 7.91. The molecule has 1 aliphatic rings. The Morgan fingerprint density at radius 2 is 0.724 bits per heavy atom. The van der Waals surface area contributed by atoms with E-state index in [1.165, 1.54) is 105 Å². The van der Waals surface area contributed by atoms with Crippen molar-refractivity contribution in [3.63, 3.8) is 0 Å². The fourth-order valence-corrected chi connectivity index (χ4v) is 9.46. The number of hydrogen-bond acceptors (Lipinski definition) is 0. The Bertz CT molecular complexity index is 3150. The van der Waals surface area contributed by atoms with E-state index < -0.39 is 0 Å². The summed E-state index contributed by atoms with van der Waals surface area (Å²) >= 11 is 0. The van der Waals surface area contributed by atoms with Crippen molar-refractivity contribution in [3.05, 3.63) is 223 Å². The van der Waals surface area contributed by atoms with Gasteiger partial charge in [0.25, 0.3) is 0 Å². The molecule has 1 aromatic heterocycles. The Labute approximate surface area is 340 Å². The molecule has 58 heavy (non-hydrogen) atoms. The van der Waals surface area contributed by atoms with Crippen LogP contribution in [0.25, 0.3) is 94.3 Å². The van der Waals surface area contributed by atoms with Crippen molar-refractivity contribution >= 4 is 21.8 Å². The molecule has 0 fully saturated rings. The molecule has 9 aromatic carbocycles. The zero-order valence-electron chi connectivity index (χ0n) is 32.7. The van der Waals surface area contributed by atoms with Crippen LogP contribution in [0.1, 0.15) is 25.0 Å². The average Bonchev–Trinajstić information content (AvgIpc) is 3.62. The van der Waals surface area contributed by atoms with Crippen LogP contribution in [0.3, 0.4) is 0 Å². The van der Waals surface area contributed by atoms with Crippen LogP contribution in [0.4, 0.5) is 0 Å². The second kappa shape index (κ2) is 13.5. The largest absolute Gasteiger partial charge is 0.309 e. The highest BCUT2D eigenvalue weighted by Gasteiger charge is 2.35. The minimum atomic E-state index is -0.206. The number of nitrogens with zero attached hydrogens (tertiary/aromatic N) is 1. The predicted octanol–water partition coefficient (Wildman–Crippen LogP) is 15.4. The summed E-state index contributed by atoms with van der Waals surface area (Å²) in [6.07, 6.45) is 0. The quantitative estimate of drug-likeness (QED) is 0.160. The second-order valence-electron chi connectivity index (χ2n) is 16.1. The van der Waals surface area contributed by atoms with Crippen LogP contribution in [-0.2, 0) is 5.41 Å². The molecule has 274 valence electrons. The van der Waals surface area contributed by atoms with Gasteiger partial charge in [-0.05, 0) is 108 Å². The van der Waals surface area contributed by atoms with E-state index in [1.807, 2.05) is 0 Å². The Morgan fingerprint density at radius 3 is 1.29 bits per heavy atom. The number of aromatic nitrogens is 1. The molecule has 0 spiro atoms. The van der Waals surface area contributed by atoms with Crippen molar-refractivity contribution in [3.8, 4) is 72.4 Å². The first kappa shape index (κ1) is 34.1. The summed E-state index contributed by atoms with van der Waals surface area (Å²) in [7, 11) is 0. The van der Waals surface area contributed by atoms with Crippen molar-refractivity contribution < 1.29 is 0 Å². The van der Waals surface area contributed by atoms with Gasteiger partial charge < -0.3 is 4.57 Å². The van der Waals surface area contributed by atoms with Crippen LogP contribution in [0.2, 0.25) is 0 Å². The van der Waals surface area contributed by atoms with Gasteiger partial charge in [-0.1, -0.05) is 196 Å². The smallest absolute Gasteiger partial charge is 0.0582 e. The van der Waals surface area contributed by atoms with E-state index in [9.17, 15) is 0 Å². The highest BCUT2D eigenvalue weighted by atomic mass is 15.0. The van der Waals surface area contributed by atoms with Crippen LogP contribution in [0.5, 0.6) is 0 Å². The van der Waals surface area contributed by atoms with E-state index in [2.05, 4.69) is 231 Å². The van der Waals surface area contributed by atoms with E-state index in [4.69, 9.17) is 0 Å². The van der Waals surface area contributed by atoms with Crippen molar-refractivity contribution in [1.29, 1.82) is 0 Å². The van der Waals surface area contributed by atoms with Crippen molar-refractivity contribution in [1.82, 2.24) is 4.57 Å². The lowest BCUT2D eigenvalue weighted by Crippen LogP contribution is -2.26. The molecule has 0 radical (unpaired) electrons. The molecule has 2 heterocycles. The van der Waals surface area contributed by atoms with Crippen LogP contribution < -0.4 is 0 Å². The molecule has 11 rings (SSSR count). The van der Waals surface area contributed by atoms with Crippen molar-refractivity contribution in [2.75, 3.05) is 0 Å². The molecule has 0 amide bonds. The van der Waals surface area contributed by atoms with Gasteiger partial charge in [-0.25, -0.2) is 0 Å². The van der Waals surface area contributed by atoms with Gasteiger partial charge in [-0.2, -0.15) is 0 Å². The minimum absolute atomic E-state index is 0.206. The highest BCUT2D eigenvalue weighted by Crippen LogP contribution is 2.50. The molecule has 0 aliphatic carbocycles. The summed E-state index contributed by atoms with van der Waals surface area (Å²) in [6.45, 7) is 4.79. The lowest BCUT2D eigenvalue weighted by molar-refractivity contribution is 0.630. The molecule has 0 unspecified atom stereocenters. The normalized spacial score (nSPS) is 12.8. The summed E-state index contributed by atoms with van der Waals surface area (Å²) in [6, 6.07) is 78.0. The zero-order valence-corrected chi connectivity index (χ0v) is 32.7. The molecule has 1 nitrogen and oxygen atoms in total. The number of benzene rings is 9. The zero-order chi connectivity index (χ0) is 38.8. The first-order valence-corrected chi connectivity index (χ1v) is 20.3. The lowest BCUT2D eigenvalue weighted by atomic mass is 9.73. The molecule has 0 saturated heterocycles. The standard InChI is InChI=1S/C57H41N/c1-57(2)52-23-13-14-24-55(52)58-54-34-33-44(48-21-11-9-19-46(48)42-29-25-40(26-30-42)38-15-5-3-6-16-38)35-50(54)51-36-45(37-53(57)56(51)58)49-22-12-10-20-47(49)43-31-27-41(28-32-43)39-17-7-4-8-18-39/h3-37H,1-2H3. The third-order valence-corrected chi connectivity index (χ3v) is 12.4. The Balaban J connectivity index is 1.10. The number of para-hydroxylation sites is 1. The van der Waals surface area contributed by atoms with Gasteiger partial charge in [-0.15, -0.1) is 0 Å². The lowest BCUT2D eigenvalue weighted by Gasteiger charge is -2.35. The third kappa shape index (κ3) is 5.46. The van der Waals surface area contributed by atoms with Gasteiger partial charge in [-0.3, -0.25) is 0 Å². The Hall–Kier alpha value is -7.22. The minimum Gasteiger partial charge on any atom is -0.309 e. The molecule has 1 heteroatoms. The number of rotatable bonds is 6. The predicted molar refractivity (Wildman–Crippen MR) is 246 cm³/mol. The van der Waals surface area contributed by atoms with E-state index in [-0.39, 0.29) is 5.41 Å². The van der Waals surface area contributed by atoms with Crippen LogP contribution in [0.15, 0.2) is 212 Å². The molecule has 10 aromatic rings. The van der Waals surface area contributed by atoms with Crippen molar-refractivity contribution in [2.45, 2.75) is 19.3 Å². The molecular formula is C57H41N. The maximum absolute atomic E-state index is 2.52.